The SMILES string of the molecule is CC(c1ccccc1)c1cccc(O)c1-c1nc2c(-c3cc(-c4ccccc4)cc(-c4ccc(-c5ccccc5)cn4)c3)cccc2n1C. The van der Waals surface area contributed by atoms with Gasteiger partial charge in [-0.2, -0.15) is 0 Å². The van der Waals surface area contributed by atoms with Crippen molar-refractivity contribution in [3.8, 4) is 61.8 Å². The number of nitrogens with zero attached hydrogens (tertiary/aromatic N) is 3. The fourth-order valence-electron chi connectivity index (χ4n) is 6.85. The number of hydrogen-bond donors (Lipinski definition) is 1. The van der Waals surface area contributed by atoms with Gasteiger partial charge in [0.2, 0.25) is 0 Å². The van der Waals surface area contributed by atoms with Crippen LogP contribution in [-0.4, -0.2) is 19.6 Å². The fraction of sp³-hybridized carbons (Fsp3) is 0.0667. The Kier molecular flexibility index (Phi) is 7.83. The standard InChI is InChI=1S/C45H35N3O/c1-30(31-14-6-3-7-15-31)38-20-13-23-42(49)43(38)45-47-44-39(21-12-22-41(44)48(45)2)36-26-35(33-18-10-5-11-19-33)27-37(28-36)40-25-24-34(29-46-40)32-16-8-4-9-17-32/h3-30,49H,1-2H3. The first-order valence-corrected chi connectivity index (χ1v) is 16.6. The van der Waals surface area contributed by atoms with Crippen LogP contribution in [0.4, 0.5) is 0 Å². The molecule has 8 aromatic rings. The number of phenols is 1. The molecule has 0 bridgehead atoms. The van der Waals surface area contributed by atoms with Gasteiger partial charge in [-0.25, -0.2) is 4.98 Å². The van der Waals surface area contributed by atoms with Gasteiger partial charge >= 0.3 is 0 Å². The highest BCUT2D eigenvalue weighted by atomic mass is 16.3. The molecule has 0 aliphatic rings. The Morgan fingerprint density at radius 1 is 0.571 bits per heavy atom. The first-order chi connectivity index (χ1) is 24.0. The molecular formula is C45H35N3O. The summed E-state index contributed by atoms with van der Waals surface area (Å²) >= 11 is 0. The summed E-state index contributed by atoms with van der Waals surface area (Å²) in [6, 6.07) is 54.2. The lowest BCUT2D eigenvalue weighted by atomic mass is 9.89. The molecule has 0 spiro atoms. The molecule has 0 aliphatic carbocycles. The van der Waals surface area contributed by atoms with Crippen LogP contribution in [-0.2, 0) is 7.05 Å². The van der Waals surface area contributed by atoms with Crippen molar-refractivity contribution in [2.75, 3.05) is 0 Å². The van der Waals surface area contributed by atoms with Crippen LogP contribution in [0.15, 0.2) is 164 Å². The lowest BCUT2D eigenvalue weighted by Crippen LogP contribution is -2.02. The second-order valence-electron chi connectivity index (χ2n) is 12.5. The topological polar surface area (TPSA) is 50.9 Å². The number of aromatic hydroxyl groups is 1. The number of benzene rings is 6. The molecule has 1 atom stereocenters. The molecule has 0 saturated carbocycles. The molecule has 1 N–H and O–H groups in total. The van der Waals surface area contributed by atoms with E-state index in [-0.39, 0.29) is 11.7 Å². The van der Waals surface area contributed by atoms with E-state index >= 15 is 0 Å². The van der Waals surface area contributed by atoms with Crippen molar-refractivity contribution in [2.24, 2.45) is 7.05 Å². The molecule has 0 radical (unpaired) electrons. The number of pyridine rings is 1. The molecule has 236 valence electrons. The van der Waals surface area contributed by atoms with Crippen LogP contribution in [0.1, 0.15) is 24.0 Å². The summed E-state index contributed by atoms with van der Waals surface area (Å²) in [7, 11) is 2.03. The summed E-state index contributed by atoms with van der Waals surface area (Å²) in [6.45, 7) is 2.18. The second-order valence-corrected chi connectivity index (χ2v) is 12.5. The zero-order chi connectivity index (χ0) is 33.3. The normalized spacial score (nSPS) is 11.9. The van der Waals surface area contributed by atoms with Gasteiger partial charge in [0.05, 0.1) is 22.3 Å². The fourth-order valence-corrected chi connectivity index (χ4v) is 6.85. The van der Waals surface area contributed by atoms with Crippen molar-refractivity contribution in [1.29, 1.82) is 0 Å². The highest BCUT2D eigenvalue weighted by Crippen LogP contribution is 2.41. The maximum Gasteiger partial charge on any atom is 0.144 e. The second kappa shape index (κ2) is 12.7. The van der Waals surface area contributed by atoms with Crippen molar-refractivity contribution >= 4 is 11.0 Å². The third kappa shape index (κ3) is 5.68. The average molecular weight is 634 g/mol. The summed E-state index contributed by atoms with van der Waals surface area (Å²) < 4.78 is 2.10. The molecule has 0 aliphatic heterocycles. The Bertz CT molecular complexity index is 2400. The summed E-state index contributed by atoms with van der Waals surface area (Å²) in [5.41, 5.74) is 13.3. The maximum atomic E-state index is 11.3. The van der Waals surface area contributed by atoms with E-state index in [1.165, 1.54) is 5.56 Å². The van der Waals surface area contributed by atoms with Crippen LogP contribution >= 0.6 is 0 Å². The zero-order valence-electron chi connectivity index (χ0n) is 27.5. The number of hydrogen-bond acceptors (Lipinski definition) is 3. The van der Waals surface area contributed by atoms with Gasteiger partial charge in [-0.15, -0.1) is 0 Å². The van der Waals surface area contributed by atoms with E-state index in [1.54, 1.807) is 6.07 Å². The Labute approximate surface area is 286 Å². The summed E-state index contributed by atoms with van der Waals surface area (Å²) in [6.07, 6.45) is 1.95. The number of phenolic OH excluding ortho intramolecular Hbond substituents is 1. The number of imidazole rings is 1. The highest BCUT2D eigenvalue weighted by molar-refractivity contribution is 5.96. The van der Waals surface area contributed by atoms with Crippen LogP contribution in [0.5, 0.6) is 5.75 Å². The van der Waals surface area contributed by atoms with Crippen molar-refractivity contribution in [3.63, 3.8) is 0 Å². The first kappa shape index (κ1) is 30.1. The van der Waals surface area contributed by atoms with Crippen LogP contribution in [0.25, 0.3) is 67.1 Å². The van der Waals surface area contributed by atoms with Crippen molar-refractivity contribution in [1.82, 2.24) is 14.5 Å². The van der Waals surface area contributed by atoms with Gasteiger partial charge in [0.25, 0.3) is 0 Å². The minimum atomic E-state index is 0.0634. The van der Waals surface area contributed by atoms with E-state index < -0.39 is 0 Å². The Morgan fingerprint density at radius 3 is 1.90 bits per heavy atom. The largest absolute Gasteiger partial charge is 0.507 e. The molecule has 2 aromatic heterocycles. The molecular weight excluding hydrogens is 599 g/mol. The van der Waals surface area contributed by atoms with Crippen molar-refractivity contribution < 1.29 is 5.11 Å². The quantitative estimate of drug-likeness (QED) is 0.190. The van der Waals surface area contributed by atoms with Gasteiger partial charge in [-0.05, 0) is 69.8 Å². The number of fused-ring (bicyclic) bond motifs is 1. The van der Waals surface area contributed by atoms with Crippen LogP contribution in [0.2, 0.25) is 0 Å². The number of aromatic nitrogens is 3. The van der Waals surface area contributed by atoms with E-state index in [1.807, 2.05) is 49.6 Å². The molecule has 1 unspecified atom stereocenters. The Hall–Kier alpha value is -6.26. The molecule has 2 heterocycles. The first-order valence-electron chi connectivity index (χ1n) is 16.6. The van der Waals surface area contributed by atoms with Crippen LogP contribution in [0.3, 0.4) is 0 Å². The van der Waals surface area contributed by atoms with Gasteiger partial charge in [0, 0.05) is 35.9 Å². The molecule has 4 heteroatoms. The molecule has 6 aromatic carbocycles. The van der Waals surface area contributed by atoms with Gasteiger partial charge < -0.3 is 9.67 Å². The number of para-hydroxylation sites is 1. The molecule has 49 heavy (non-hydrogen) atoms. The lowest BCUT2D eigenvalue weighted by molar-refractivity contribution is 0.475. The van der Waals surface area contributed by atoms with E-state index in [4.69, 9.17) is 9.97 Å². The van der Waals surface area contributed by atoms with Crippen molar-refractivity contribution in [3.05, 3.63) is 175 Å². The Morgan fingerprint density at radius 2 is 1.20 bits per heavy atom. The predicted octanol–water partition coefficient (Wildman–Crippen LogP) is 11.2. The maximum absolute atomic E-state index is 11.3. The number of aryl methyl sites for hydroxylation is 1. The van der Waals surface area contributed by atoms with Gasteiger partial charge in [-0.1, -0.05) is 128 Å². The van der Waals surface area contributed by atoms with Gasteiger partial charge in [-0.3, -0.25) is 4.98 Å². The van der Waals surface area contributed by atoms with Gasteiger partial charge in [0.1, 0.15) is 11.6 Å². The van der Waals surface area contributed by atoms with Crippen LogP contribution < -0.4 is 0 Å². The van der Waals surface area contributed by atoms with Crippen LogP contribution in [0, 0.1) is 0 Å². The monoisotopic (exact) mass is 633 g/mol. The van der Waals surface area contributed by atoms with E-state index in [2.05, 4.69) is 127 Å². The highest BCUT2D eigenvalue weighted by Gasteiger charge is 2.23. The summed E-state index contributed by atoms with van der Waals surface area (Å²) in [5.74, 6) is 1.02. The molecule has 4 nitrogen and oxygen atoms in total. The van der Waals surface area contributed by atoms with E-state index in [9.17, 15) is 5.11 Å². The summed E-state index contributed by atoms with van der Waals surface area (Å²) in [4.78, 5) is 10.2. The average Bonchev–Trinajstić information content (AvgIpc) is 3.51. The number of rotatable bonds is 7. The van der Waals surface area contributed by atoms with E-state index in [0.717, 1.165) is 72.6 Å². The Balaban J connectivity index is 1.28. The van der Waals surface area contributed by atoms with E-state index in [0.29, 0.717) is 0 Å². The smallest absolute Gasteiger partial charge is 0.144 e. The molecule has 0 fully saturated rings. The lowest BCUT2D eigenvalue weighted by Gasteiger charge is -2.18. The summed E-state index contributed by atoms with van der Waals surface area (Å²) in [5, 5.41) is 11.3. The van der Waals surface area contributed by atoms with Gasteiger partial charge in [0.15, 0.2) is 0 Å². The molecule has 0 saturated heterocycles. The van der Waals surface area contributed by atoms with Crippen molar-refractivity contribution in [2.45, 2.75) is 12.8 Å². The minimum absolute atomic E-state index is 0.0634. The third-order valence-corrected chi connectivity index (χ3v) is 9.49. The molecule has 8 rings (SSSR count). The third-order valence-electron chi connectivity index (χ3n) is 9.49. The zero-order valence-corrected chi connectivity index (χ0v) is 27.5. The minimum Gasteiger partial charge on any atom is -0.507 e. The molecule has 0 amide bonds. The predicted molar refractivity (Wildman–Crippen MR) is 201 cm³/mol.